The maximum absolute atomic E-state index is 9.78. The molecule has 1 saturated heterocycles. The van der Waals surface area contributed by atoms with Crippen LogP contribution in [0.4, 0.5) is 11.5 Å². The highest BCUT2D eigenvalue weighted by Crippen LogP contribution is 2.38. The Bertz CT molecular complexity index is 1320. The highest BCUT2D eigenvalue weighted by Gasteiger charge is 2.24. The summed E-state index contributed by atoms with van der Waals surface area (Å²) in [6.07, 6.45) is 4.13. The van der Waals surface area contributed by atoms with Gasteiger partial charge >= 0.3 is 0 Å². The molecule has 36 heavy (non-hydrogen) atoms. The van der Waals surface area contributed by atoms with Crippen LogP contribution in [0, 0.1) is 11.3 Å². The second-order valence-electron chi connectivity index (χ2n) is 8.22. The van der Waals surface area contributed by atoms with Gasteiger partial charge in [0.2, 0.25) is 5.71 Å². The molecule has 0 spiro atoms. The molecule has 0 bridgehead atoms. The second-order valence-corrected chi connectivity index (χ2v) is 9.04. The zero-order valence-electron chi connectivity index (χ0n) is 19.9. The third-order valence-electron chi connectivity index (χ3n) is 5.94. The van der Waals surface area contributed by atoms with Crippen LogP contribution in [0.2, 0.25) is 10.0 Å². The van der Waals surface area contributed by atoms with E-state index in [9.17, 15) is 5.26 Å². The maximum Gasteiger partial charge on any atom is 0.215 e. The first kappa shape index (κ1) is 25.5. The van der Waals surface area contributed by atoms with E-state index >= 15 is 0 Å². The molecule has 0 aliphatic carbocycles. The van der Waals surface area contributed by atoms with Gasteiger partial charge < -0.3 is 25.4 Å². The third-order valence-corrected chi connectivity index (χ3v) is 6.54. The molecular formula is C25H26Cl2N7O2+. The second kappa shape index (κ2) is 11.0. The number of ether oxygens (including phenoxy) is 2. The fourth-order valence-electron chi connectivity index (χ4n) is 4.09. The Kier molecular flexibility index (Phi) is 7.79. The number of halogens is 2. The standard InChI is InChI=1S/C25H25Cl2N7O2/c1-14(23-18(26)12-32-13-19(23)27)36-22-8-17(20(29)9-21(22)35-2)24(30)16-7-15(10-28)25(33-11-16)34-5-3-31-4-6-34/h7-9,11-14,30-31H,3-6,29H2,1-2H3/p+1/t14-/m1/s1. The Balaban J connectivity index is 1.67. The summed E-state index contributed by atoms with van der Waals surface area (Å²) in [6, 6.07) is 7.29. The summed E-state index contributed by atoms with van der Waals surface area (Å²) in [7, 11) is 1.52. The lowest BCUT2D eigenvalue weighted by Crippen LogP contribution is -2.44. The van der Waals surface area contributed by atoms with Crippen LogP contribution in [0.15, 0.2) is 36.8 Å². The minimum Gasteiger partial charge on any atom is -0.493 e. The number of aromatic nitrogens is 2. The first-order chi connectivity index (χ1) is 17.3. The average molecular weight is 527 g/mol. The van der Waals surface area contributed by atoms with Gasteiger partial charge in [0, 0.05) is 62.1 Å². The van der Waals surface area contributed by atoms with Gasteiger partial charge in [0.1, 0.15) is 18.0 Å². The average Bonchev–Trinajstić information content (AvgIpc) is 2.89. The van der Waals surface area contributed by atoms with Crippen LogP contribution < -0.4 is 30.8 Å². The fourth-order valence-corrected chi connectivity index (χ4v) is 4.76. The quantitative estimate of drug-likeness (QED) is 0.315. The van der Waals surface area contributed by atoms with E-state index in [-0.39, 0.29) is 0 Å². The lowest BCUT2D eigenvalue weighted by Gasteiger charge is -2.29. The molecule has 186 valence electrons. The van der Waals surface area contributed by atoms with Crippen LogP contribution in [-0.2, 0) is 0 Å². The minimum atomic E-state index is -0.523. The van der Waals surface area contributed by atoms with Gasteiger partial charge in [0.15, 0.2) is 11.5 Å². The molecule has 5 N–H and O–H groups in total. The van der Waals surface area contributed by atoms with Crippen molar-refractivity contribution in [1.82, 2.24) is 15.3 Å². The molecular weight excluding hydrogens is 501 g/mol. The Morgan fingerprint density at radius 1 is 1.17 bits per heavy atom. The first-order valence-electron chi connectivity index (χ1n) is 11.3. The van der Waals surface area contributed by atoms with Crippen molar-refractivity contribution >= 4 is 40.4 Å². The van der Waals surface area contributed by atoms with Gasteiger partial charge in [-0.2, -0.15) is 5.26 Å². The highest BCUT2D eigenvalue weighted by atomic mass is 35.5. The number of nitrogens with one attached hydrogen (secondary N) is 1. The van der Waals surface area contributed by atoms with E-state index < -0.39 is 6.10 Å². The van der Waals surface area contributed by atoms with E-state index in [2.05, 4.69) is 26.3 Å². The van der Waals surface area contributed by atoms with Gasteiger partial charge in [-0.3, -0.25) is 10.4 Å². The molecule has 0 unspecified atom stereocenters. The smallest absolute Gasteiger partial charge is 0.215 e. The van der Waals surface area contributed by atoms with E-state index in [1.54, 1.807) is 24.4 Å². The molecule has 1 aliphatic rings. The Morgan fingerprint density at radius 3 is 2.50 bits per heavy atom. The van der Waals surface area contributed by atoms with Crippen molar-refractivity contribution < 1.29 is 14.9 Å². The highest BCUT2D eigenvalue weighted by molar-refractivity contribution is 6.35. The molecule has 0 amide bonds. The summed E-state index contributed by atoms with van der Waals surface area (Å²) < 4.78 is 11.7. The van der Waals surface area contributed by atoms with Crippen LogP contribution in [0.5, 0.6) is 11.5 Å². The van der Waals surface area contributed by atoms with Crippen molar-refractivity contribution in [2.75, 3.05) is 43.9 Å². The largest absolute Gasteiger partial charge is 0.493 e. The molecule has 9 nitrogen and oxygen atoms in total. The van der Waals surface area contributed by atoms with Crippen molar-refractivity contribution in [3.63, 3.8) is 0 Å². The molecule has 0 saturated carbocycles. The van der Waals surface area contributed by atoms with Gasteiger partial charge in [-0.25, -0.2) is 4.98 Å². The number of pyridine rings is 2. The molecule has 11 heteroatoms. The minimum absolute atomic E-state index is 0.350. The van der Waals surface area contributed by atoms with Crippen LogP contribution in [0.1, 0.15) is 35.3 Å². The van der Waals surface area contributed by atoms with Gasteiger partial charge in [-0.1, -0.05) is 23.2 Å². The number of nitrogen functional groups attached to an aromatic ring is 1. The van der Waals surface area contributed by atoms with Crippen molar-refractivity contribution in [1.29, 1.82) is 5.26 Å². The summed E-state index contributed by atoms with van der Waals surface area (Å²) in [5.74, 6) is 1.45. The molecule has 1 atom stereocenters. The molecule has 3 heterocycles. The Hall–Kier alpha value is -3.58. The monoisotopic (exact) mass is 526 g/mol. The van der Waals surface area contributed by atoms with Crippen molar-refractivity contribution in [2.24, 2.45) is 0 Å². The summed E-state index contributed by atoms with van der Waals surface area (Å²) >= 11 is 12.6. The predicted octanol–water partition coefficient (Wildman–Crippen LogP) is 2.39. The molecule has 1 aliphatic heterocycles. The fraction of sp³-hybridized carbons (Fsp3) is 0.280. The normalized spacial score (nSPS) is 14.1. The third kappa shape index (κ3) is 5.16. The number of nitriles is 1. The maximum atomic E-state index is 9.78. The predicted molar refractivity (Wildman–Crippen MR) is 140 cm³/mol. The van der Waals surface area contributed by atoms with E-state index in [0.717, 1.165) is 26.2 Å². The van der Waals surface area contributed by atoms with Crippen LogP contribution >= 0.6 is 23.2 Å². The number of piperazine rings is 1. The molecule has 1 aromatic carbocycles. The van der Waals surface area contributed by atoms with Crippen molar-refractivity contribution in [3.8, 4) is 17.6 Å². The van der Waals surface area contributed by atoms with Crippen LogP contribution in [0.3, 0.4) is 0 Å². The number of nitrogens with zero attached hydrogens (tertiary/aromatic N) is 4. The number of methoxy groups -OCH3 is 1. The van der Waals surface area contributed by atoms with Crippen LogP contribution in [-0.4, -0.2) is 49.0 Å². The SMILES string of the molecule is COc1cc(N)c(C(=[NH2+])c2cnc(N3CCNCC3)c(C#N)c2)cc1O[C@H](C)c1c(Cl)cncc1Cl. The van der Waals surface area contributed by atoms with Gasteiger partial charge in [0.25, 0.3) is 0 Å². The number of anilines is 2. The zero-order valence-corrected chi connectivity index (χ0v) is 21.4. The van der Waals surface area contributed by atoms with E-state index in [4.69, 9.17) is 43.8 Å². The molecule has 4 rings (SSSR count). The van der Waals surface area contributed by atoms with Gasteiger partial charge in [0.05, 0.1) is 33.8 Å². The number of nitrogens with two attached hydrogens (primary N) is 2. The molecule has 0 radical (unpaired) electrons. The van der Waals surface area contributed by atoms with Crippen LogP contribution in [0.25, 0.3) is 0 Å². The first-order valence-corrected chi connectivity index (χ1v) is 12.0. The number of rotatable bonds is 7. The Labute approximate surface area is 219 Å². The van der Waals surface area contributed by atoms with Gasteiger partial charge in [-0.15, -0.1) is 0 Å². The van der Waals surface area contributed by atoms with Crippen molar-refractivity contribution in [2.45, 2.75) is 13.0 Å². The van der Waals surface area contributed by atoms with Gasteiger partial charge in [-0.05, 0) is 19.1 Å². The number of hydrogen-bond donors (Lipinski definition) is 3. The molecule has 3 aromatic rings. The topological polar surface area (TPSA) is 135 Å². The number of benzene rings is 1. The summed E-state index contributed by atoms with van der Waals surface area (Å²) in [4.78, 5) is 10.6. The lowest BCUT2D eigenvalue weighted by atomic mass is 10.00. The zero-order chi connectivity index (χ0) is 25.8. The summed E-state index contributed by atoms with van der Waals surface area (Å²) in [5.41, 5.74) is 9.18. The van der Waals surface area contributed by atoms with E-state index in [1.807, 2.05) is 6.92 Å². The summed E-state index contributed by atoms with van der Waals surface area (Å²) in [5, 5.41) is 20.4. The van der Waals surface area contributed by atoms with E-state index in [1.165, 1.54) is 19.5 Å². The lowest BCUT2D eigenvalue weighted by molar-refractivity contribution is -0.111. The van der Waals surface area contributed by atoms with E-state index in [0.29, 0.717) is 61.0 Å². The molecule has 2 aromatic heterocycles. The summed E-state index contributed by atoms with van der Waals surface area (Å²) in [6.45, 7) is 5.03. The van der Waals surface area contributed by atoms with Crippen molar-refractivity contribution in [3.05, 3.63) is 69.1 Å². The Morgan fingerprint density at radius 2 is 1.86 bits per heavy atom. The number of hydrogen-bond acceptors (Lipinski definition) is 8. The molecule has 1 fully saturated rings.